The summed E-state index contributed by atoms with van der Waals surface area (Å²) in [5.41, 5.74) is 2.48. The lowest BCUT2D eigenvalue weighted by Crippen LogP contribution is -2.31. The molecule has 0 saturated carbocycles. The van der Waals surface area contributed by atoms with Crippen LogP contribution in [0.15, 0.2) is 24.3 Å². The van der Waals surface area contributed by atoms with Crippen LogP contribution in [-0.4, -0.2) is 41.2 Å². The number of hydrogen-bond donors (Lipinski definition) is 2. The van der Waals surface area contributed by atoms with Crippen LogP contribution < -0.4 is 10.8 Å². The lowest BCUT2D eigenvalue weighted by atomic mass is 10.2. The van der Waals surface area contributed by atoms with Gasteiger partial charge in [0.2, 0.25) is 0 Å². The first kappa shape index (κ1) is 21.1. The number of nitrogens with one attached hydrogen (secondary N) is 2. The molecule has 0 unspecified atom stereocenters. The molecule has 2 aromatic rings. The summed E-state index contributed by atoms with van der Waals surface area (Å²) in [6.45, 7) is 4.02. The van der Waals surface area contributed by atoms with Gasteiger partial charge in [0, 0.05) is 3.57 Å². The van der Waals surface area contributed by atoms with Gasteiger partial charge in [-0.1, -0.05) is 11.6 Å². The third kappa shape index (κ3) is 5.47. The molecule has 2 N–H and O–H groups in total. The average molecular weight is 523 g/mol. The lowest BCUT2D eigenvalue weighted by molar-refractivity contribution is -0.147. The molecule has 0 spiro atoms. The molecule has 28 heavy (non-hydrogen) atoms. The van der Waals surface area contributed by atoms with E-state index in [4.69, 9.17) is 25.9 Å². The molecule has 150 valence electrons. The van der Waals surface area contributed by atoms with Crippen LogP contribution >= 0.6 is 34.2 Å². The van der Waals surface area contributed by atoms with Crippen molar-refractivity contribution >= 4 is 51.6 Å². The highest BCUT2D eigenvalue weighted by Gasteiger charge is 2.33. The Morgan fingerprint density at radius 3 is 2.89 bits per heavy atom. The molecule has 1 aliphatic heterocycles. The Morgan fingerprint density at radius 2 is 2.21 bits per heavy atom. The summed E-state index contributed by atoms with van der Waals surface area (Å²) in [6.07, 6.45) is -0.312. The number of carbonyl (C=O) groups excluding carboxylic acids is 1. The molecule has 1 aromatic carbocycles. The van der Waals surface area contributed by atoms with Crippen LogP contribution in [0.2, 0.25) is 5.15 Å². The molecule has 1 atom stereocenters. The van der Waals surface area contributed by atoms with E-state index in [9.17, 15) is 9.18 Å². The number of hydroxylamine groups is 1. The van der Waals surface area contributed by atoms with Crippen LogP contribution in [0.1, 0.15) is 24.2 Å². The van der Waals surface area contributed by atoms with E-state index in [1.165, 1.54) is 18.2 Å². The van der Waals surface area contributed by atoms with Gasteiger partial charge in [-0.2, -0.15) is 0 Å². The first-order chi connectivity index (χ1) is 13.2. The van der Waals surface area contributed by atoms with Crippen molar-refractivity contribution in [3.05, 3.63) is 44.4 Å². The Labute approximate surface area is 179 Å². The Kier molecular flexibility index (Phi) is 6.65. The van der Waals surface area contributed by atoms with Crippen LogP contribution in [0, 0.1) is 9.39 Å². The van der Waals surface area contributed by atoms with Gasteiger partial charge in [0.05, 0.1) is 17.9 Å². The van der Waals surface area contributed by atoms with E-state index in [1.807, 2.05) is 22.6 Å². The maximum absolute atomic E-state index is 14.1. The monoisotopic (exact) mass is 522 g/mol. The van der Waals surface area contributed by atoms with Crippen molar-refractivity contribution in [2.75, 3.05) is 18.5 Å². The zero-order valence-corrected chi connectivity index (χ0v) is 17.9. The zero-order chi connectivity index (χ0) is 20.3. The summed E-state index contributed by atoms with van der Waals surface area (Å²) in [5, 5.41) is 10.3. The van der Waals surface area contributed by atoms with Crippen LogP contribution in [0.5, 0.6) is 0 Å². The minimum atomic E-state index is -0.685. The second kappa shape index (κ2) is 8.82. The maximum Gasteiger partial charge on any atom is 0.278 e. The zero-order valence-electron chi connectivity index (χ0n) is 15.0. The first-order valence-corrected chi connectivity index (χ1v) is 9.68. The second-order valence-corrected chi connectivity index (χ2v) is 8.00. The predicted octanol–water partition coefficient (Wildman–Crippen LogP) is 3.43. The van der Waals surface area contributed by atoms with E-state index >= 15 is 0 Å². The van der Waals surface area contributed by atoms with Crippen molar-refractivity contribution in [2.45, 2.75) is 25.7 Å². The Bertz CT molecular complexity index is 886. The van der Waals surface area contributed by atoms with Gasteiger partial charge < -0.3 is 14.8 Å². The predicted molar refractivity (Wildman–Crippen MR) is 108 cm³/mol. The quantitative estimate of drug-likeness (QED) is 0.443. The van der Waals surface area contributed by atoms with E-state index in [0.717, 1.165) is 3.57 Å². The van der Waals surface area contributed by atoms with E-state index in [0.29, 0.717) is 6.61 Å². The van der Waals surface area contributed by atoms with Gasteiger partial charge >= 0.3 is 0 Å². The van der Waals surface area contributed by atoms with Crippen LogP contribution in [0.25, 0.3) is 0 Å². The van der Waals surface area contributed by atoms with Gasteiger partial charge in [-0.3, -0.25) is 9.63 Å². The molecular weight excluding hydrogens is 506 g/mol. The smallest absolute Gasteiger partial charge is 0.278 e. The molecule has 1 aromatic heterocycles. The summed E-state index contributed by atoms with van der Waals surface area (Å²) in [6, 6.07) is 5.90. The molecule has 8 nitrogen and oxygen atoms in total. The minimum absolute atomic E-state index is 0.00746. The number of carbonyl (C=O) groups is 1. The number of rotatable bonds is 6. The van der Waals surface area contributed by atoms with Crippen molar-refractivity contribution in [1.82, 2.24) is 15.7 Å². The van der Waals surface area contributed by atoms with Crippen LogP contribution in [0.4, 0.5) is 15.9 Å². The third-order valence-electron chi connectivity index (χ3n) is 3.69. The second-order valence-electron chi connectivity index (χ2n) is 6.37. The van der Waals surface area contributed by atoms with E-state index in [1.54, 1.807) is 19.9 Å². The average Bonchev–Trinajstić information content (AvgIpc) is 2.97. The first-order valence-electron chi connectivity index (χ1n) is 8.23. The summed E-state index contributed by atoms with van der Waals surface area (Å²) in [7, 11) is 0. The molecular formula is C17H17ClFIN4O4. The van der Waals surface area contributed by atoms with E-state index in [-0.39, 0.29) is 34.9 Å². The fraction of sp³-hybridized carbons (Fsp3) is 0.353. The van der Waals surface area contributed by atoms with Gasteiger partial charge in [0.1, 0.15) is 18.5 Å². The summed E-state index contributed by atoms with van der Waals surface area (Å²) >= 11 is 7.85. The summed E-state index contributed by atoms with van der Waals surface area (Å²) < 4.78 is 25.8. The number of halogens is 3. The molecule has 3 rings (SSSR count). The minimum Gasteiger partial charge on any atom is -0.348 e. The van der Waals surface area contributed by atoms with Crippen LogP contribution in [0.3, 0.4) is 0 Å². The van der Waals surface area contributed by atoms with Gasteiger partial charge in [-0.05, 0) is 60.7 Å². The Morgan fingerprint density at radius 1 is 1.43 bits per heavy atom. The topological polar surface area (TPSA) is 94.6 Å². The Balaban J connectivity index is 1.67. The van der Waals surface area contributed by atoms with Crippen molar-refractivity contribution in [1.29, 1.82) is 0 Å². The molecule has 0 radical (unpaired) electrons. The van der Waals surface area contributed by atoms with Gasteiger partial charge in [0.25, 0.3) is 5.91 Å². The number of hydrogen-bond acceptors (Lipinski definition) is 7. The van der Waals surface area contributed by atoms with Crippen LogP contribution in [-0.2, 0) is 14.3 Å². The molecule has 1 fully saturated rings. The third-order valence-corrected chi connectivity index (χ3v) is 4.55. The molecule has 0 bridgehead atoms. The number of amides is 1. The molecule has 1 saturated heterocycles. The van der Waals surface area contributed by atoms with E-state index in [2.05, 4.69) is 21.0 Å². The lowest BCUT2D eigenvalue weighted by Gasteiger charge is -2.17. The fourth-order valence-corrected chi connectivity index (χ4v) is 3.05. The number of anilines is 2. The molecule has 1 aliphatic rings. The highest BCUT2D eigenvalue weighted by Crippen LogP contribution is 2.24. The highest BCUT2D eigenvalue weighted by molar-refractivity contribution is 14.1. The fourth-order valence-electron chi connectivity index (χ4n) is 2.45. The molecule has 1 amide bonds. The van der Waals surface area contributed by atoms with E-state index < -0.39 is 17.5 Å². The van der Waals surface area contributed by atoms with Gasteiger partial charge in [-0.15, -0.1) is 10.2 Å². The van der Waals surface area contributed by atoms with Crippen molar-refractivity contribution in [3.8, 4) is 0 Å². The normalized spacial score (nSPS) is 18.1. The number of benzene rings is 1. The molecule has 2 heterocycles. The summed E-state index contributed by atoms with van der Waals surface area (Å²) in [5.74, 6) is -1.77. The molecule has 0 aliphatic carbocycles. The SMILES string of the molecule is CC1(C)OC[C@H](CONC(=O)c2cc(Cl)nnc2Nc2ccc(I)cc2F)O1. The number of nitrogens with zero attached hydrogens (tertiary/aromatic N) is 2. The number of aromatic nitrogens is 2. The van der Waals surface area contributed by atoms with Gasteiger partial charge in [0.15, 0.2) is 16.8 Å². The van der Waals surface area contributed by atoms with Crippen molar-refractivity contribution in [2.24, 2.45) is 0 Å². The standard InChI is InChI=1S/C17H17ClFIN4O4/c1-17(2)26-7-10(28-17)8-27-24-16(25)11-6-14(18)22-23-15(11)21-13-4-3-9(20)5-12(13)19/h3-6,10H,7-8H2,1-2H3,(H,21,23)(H,24,25)/t10-/m1/s1. The summed E-state index contributed by atoms with van der Waals surface area (Å²) in [4.78, 5) is 17.7. The van der Waals surface area contributed by atoms with Gasteiger partial charge in [-0.25, -0.2) is 9.87 Å². The van der Waals surface area contributed by atoms with Crippen molar-refractivity contribution < 1.29 is 23.5 Å². The molecule has 11 heteroatoms. The maximum atomic E-state index is 14.1. The highest BCUT2D eigenvalue weighted by atomic mass is 127. The largest absolute Gasteiger partial charge is 0.348 e. The number of ether oxygens (including phenoxy) is 2. The van der Waals surface area contributed by atoms with Crippen molar-refractivity contribution in [3.63, 3.8) is 0 Å². The Hall–Kier alpha value is -1.60.